The minimum absolute atomic E-state index is 0. The van der Waals surface area contributed by atoms with Crippen molar-refractivity contribution in [3.05, 3.63) is 136 Å². The number of nitrogens with one attached hydrogen (secondary N) is 1. The zero-order valence-electron chi connectivity index (χ0n) is 29.8. The first-order valence-corrected chi connectivity index (χ1v) is 18.4. The molecule has 0 unspecified atom stereocenters. The summed E-state index contributed by atoms with van der Waals surface area (Å²) >= 11 is 2.94. The SMILES string of the molecule is CN(C(=O)[C@H](Cc1cc(F)cc(F)c1)Cc1nccc(N[C@@H](Cc2cc(F)cc(F)c2)C(=O)N(C)c2ccc3scnc3c2)n1)c1ccc2scnc2c1.S.S. The molecular weight excluding hydrogens is 803 g/mol. The number of nitrogens with zero attached hydrogens (tertiary/aromatic N) is 6. The molecule has 7 rings (SSSR count). The molecule has 56 heavy (non-hydrogen) atoms. The summed E-state index contributed by atoms with van der Waals surface area (Å²) in [5.41, 5.74) is 6.52. The monoisotopic (exact) mass is 837 g/mol. The van der Waals surface area contributed by atoms with Crippen LogP contribution in [0.15, 0.2) is 96.1 Å². The van der Waals surface area contributed by atoms with Crippen LogP contribution in [0.1, 0.15) is 17.0 Å². The standard InChI is InChI=1S/C39H31F4N7O2S2.2H2S/c1-49(29-3-5-34-31(18-29)45-20-53-34)38(51)24(9-22-10-25(40)16-26(41)11-22)15-37-44-8-7-36(48-37)47-33(14-23-12-27(42)17-28(43)13-23)39(52)50(2)30-4-6-35-32(19-30)46-21-54-35;;/h3-8,10-13,16-21,24,33H,9,14-15H2,1-2H3,(H,44,47,48);2*1H2/t24-,33+;;/m1../s1. The van der Waals surface area contributed by atoms with E-state index in [1.807, 2.05) is 12.1 Å². The van der Waals surface area contributed by atoms with E-state index in [0.29, 0.717) is 16.9 Å². The molecule has 0 radical (unpaired) electrons. The number of anilines is 3. The molecule has 9 nitrogen and oxygen atoms in total. The van der Waals surface area contributed by atoms with Crippen LogP contribution >= 0.6 is 49.7 Å². The van der Waals surface area contributed by atoms with Crippen molar-refractivity contribution in [2.75, 3.05) is 29.2 Å². The predicted octanol–water partition coefficient (Wildman–Crippen LogP) is 8.23. The molecule has 17 heteroatoms. The molecule has 2 atom stereocenters. The summed E-state index contributed by atoms with van der Waals surface area (Å²) in [4.78, 5) is 48.8. The van der Waals surface area contributed by atoms with E-state index in [4.69, 9.17) is 0 Å². The van der Waals surface area contributed by atoms with Gasteiger partial charge in [0.25, 0.3) is 0 Å². The Morgan fingerprint density at radius 1 is 0.643 bits per heavy atom. The predicted molar refractivity (Wildman–Crippen MR) is 224 cm³/mol. The summed E-state index contributed by atoms with van der Waals surface area (Å²) in [6, 6.07) is 17.5. The minimum atomic E-state index is -1.05. The van der Waals surface area contributed by atoms with Crippen LogP contribution in [-0.2, 0) is 28.9 Å². The highest BCUT2D eigenvalue weighted by atomic mass is 32.1. The van der Waals surface area contributed by atoms with Crippen molar-refractivity contribution in [2.45, 2.75) is 25.3 Å². The number of carbonyl (C=O) groups excluding carboxylic acids is 2. The largest absolute Gasteiger partial charge is 0.358 e. The zero-order valence-corrected chi connectivity index (χ0v) is 33.5. The van der Waals surface area contributed by atoms with E-state index in [1.165, 1.54) is 56.9 Å². The average Bonchev–Trinajstić information content (AvgIpc) is 3.82. The van der Waals surface area contributed by atoms with E-state index in [2.05, 4.69) is 25.3 Å². The van der Waals surface area contributed by atoms with Gasteiger partial charge in [0.2, 0.25) is 11.8 Å². The van der Waals surface area contributed by atoms with Crippen LogP contribution in [0.25, 0.3) is 20.4 Å². The van der Waals surface area contributed by atoms with E-state index < -0.39 is 41.1 Å². The molecule has 0 aliphatic rings. The highest BCUT2D eigenvalue weighted by Crippen LogP contribution is 2.28. The molecule has 2 amide bonds. The maximum atomic E-state index is 14.3. The van der Waals surface area contributed by atoms with Crippen molar-refractivity contribution < 1.29 is 27.2 Å². The van der Waals surface area contributed by atoms with Gasteiger partial charge in [-0.2, -0.15) is 27.0 Å². The summed E-state index contributed by atoms with van der Waals surface area (Å²) in [6.07, 6.45) is 1.29. The Morgan fingerprint density at radius 3 is 1.68 bits per heavy atom. The van der Waals surface area contributed by atoms with Crippen molar-refractivity contribution in [1.29, 1.82) is 0 Å². The number of halogens is 4. The number of carbonyl (C=O) groups is 2. The second kappa shape index (κ2) is 18.2. The number of amides is 2. The molecule has 0 saturated heterocycles. The summed E-state index contributed by atoms with van der Waals surface area (Å²) < 4.78 is 58.9. The number of thiazole rings is 2. The zero-order chi connectivity index (χ0) is 37.9. The Labute approximate surface area is 341 Å². The third-order valence-corrected chi connectivity index (χ3v) is 10.6. The first kappa shape index (κ1) is 42.1. The van der Waals surface area contributed by atoms with E-state index >= 15 is 0 Å². The van der Waals surface area contributed by atoms with Crippen LogP contribution in [0.3, 0.4) is 0 Å². The van der Waals surface area contributed by atoms with Gasteiger partial charge in [-0.15, -0.1) is 22.7 Å². The quantitative estimate of drug-likeness (QED) is 0.124. The first-order valence-electron chi connectivity index (χ1n) is 16.7. The molecule has 3 heterocycles. The Hall–Kier alpha value is -5.10. The first-order chi connectivity index (χ1) is 26.0. The lowest BCUT2D eigenvalue weighted by Gasteiger charge is -2.26. The van der Waals surface area contributed by atoms with Crippen molar-refractivity contribution >= 4 is 99.1 Å². The Bertz CT molecular complexity index is 2290. The Morgan fingerprint density at radius 2 is 1.14 bits per heavy atom. The van der Waals surface area contributed by atoms with Gasteiger partial charge in [0.05, 0.1) is 31.5 Å². The summed E-state index contributed by atoms with van der Waals surface area (Å²) in [5, 5.41) is 3.12. The number of benzene rings is 4. The van der Waals surface area contributed by atoms with E-state index in [1.54, 1.807) is 49.4 Å². The molecule has 1 N–H and O–H groups in total. The van der Waals surface area contributed by atoms with Crippen LogP contribution in [-0.4, -0.2) is 51.9 Å². The highest BCUT2D eigenvalue weighted by Gasteiger charge is 2.28. The molecule has 0 saturated carbocycles. The van der Waals surface area contributed by atoms with Crippen molar-refractivity contribution in [1.82, 2.24) is 19.9 Å². The number of aromatic nitrogens is 4. The summed E-state index contributed by atoms with van der Waals surface area (Å²) in [5.74, 6) is -4.32. The van der Waals surface area contributed by atoms with Gasteiger partial charge < -0.3 is 15.1 Å². The smallest absolute Gasteiger partial charge is 0.249 e. The third kappa shape index (κ3) is 9.82. The summed E-state index contributed by atoms with van der Waals surface area (Å²) in [6.45, 7) is 0. The van der Waals surface area contributed by atoms with Gasteiger partial charge in [0.15, 0.2) is 0 Å². The fourth-order valence-corrected chi connectivity index (χ4v) is 7.59. The molecule has 290 valence electrons. The lowest BCUT2D eigenvalue weighted by atomic mass is 9.94. The normalized spacial score (nSPS) is 12.0. The second-order valence-corrected chi connectivity index (χ2v) is 14.5. The van der Waals surface area contributed by atoms with Crippen LogP contribution in [0, 0.1) is 29.2 Å². The molecule has 0 aliphatic heterocycles. The van der Waals surface area contributed by atoms with Gasteiger partial charge in [0, 0.05) is 62.6 Å². The summed E-state index contributed by atoms with van der Waals surface area (Å²) in [7, 11) is 3.21. The number of hydrogen-bond donors (Lipinski definition) is 1. The van der Waals surface area contributed by atoms with Crippen LogP contribution in [0.5, 0.6) is 0 Å². The van der Waals surface area contributed by atoms with Gasteiger partial charge in [0.1, 0.15) is 41.0 Å². The van der Waals surface area contributed by atoms with Crippen molar-refractivity contribution in [3.63, 3.8) is 0 Å². The van der Waals surface area contributed by atoms with Gasteiger partial charge in [-0.05, 0) is 84.3 Å². The van der Waals surface area contributed by atoms with Crippen LogP contribution < -0.4 is 15.1 Å². The second-order valence-electron chi connectivity index (χ2n) is 12.7. The molecule has 0 spiro atoms. The molecule has 7 aromatic rings. The number of hydrogen-bond acceptors (Lipinski definition) is 9. The average molecular weight is 838 g/mol. The molecular formula is C39H35F4N7O2S4. The van der Waals surface area contributed by atoms with Crippen LogP contribution in [0.4, 0.5) is 34.8 Å². The number of rotatable bonds is 12. The molecule has 0 aliphatic carbocycles. The van der Waals surface area contributed by atoms with Crippen molar-refractivity contribution in [3.8, 4) is 0 Å². The van der Waals surface area contributed by atoms with Gasteiger partial charge in [-0.1, -0.05) is 0 Å². The topological polar surface area (TPSA) is 104 Å². The van der Waals surface area contributed by atoms with Crippen molar-refractivity contribution in [2.24, 2.45) is 5.92 Å². The molecule has 0 bridgehead atoms. The fraction of sp³-hybridized carbons (Fsp3) is 0.179. The fourth-order valence-electron chi connectivity index (χ4n) is 6.27. The highest BCUT2D eigenvalue weighted by molar-refractivity contribution is 7.59. The Balaban J connectivity index is 0.00000300. The lowest BCUT2D eigenvalue weighted by molar-refractivity contribution is -0.122. The van der Waals surface area contributed by atoms with Gasteiger partial charge >= 0.3 is 0 Å². The number of likely N-dealkylation sites (N-methyl/N-ethyl adjacent to an activating group) is 1. The maximum absolute atomic E-state index is 14.3. The third-order valence-electron chi connectivity index (χ3n) is 8.93. The lowest BCUT2D eigenvalue weighted by Crippen LogP contribution is -2.42. The molecule has 0 fully saturated rings. The Kier molecular flexibility index (Phi) is 13.7. The van der Waals surface area contributed by atoms with Crippen LogP contribution in [0.2, 0.25) is 0 Å². The number of fused-ring (bicyclic) bond motifs is 2. The van der Waals surface area contributed by atoms with E-state index in [0.717, 1.165) is 39.2 Å². The minimum Gasteiger partial charge on any atom is -0.358 e. The maximum Gasteiger partial charge on any atom is 0.249 e. The van der Waals surface area contributed by atoms with Gasteiger partial charge in [-0.25, -0.2) is 37.5 Å². The molecule has 4 aromatic carbocycles. The van der Waals surface area contributed by atoms with E-state index in [9.17, 15) is 27.2 Å². The molecule has 3 aromatic heterocycles. The van der Waals surface area contributed by atoms with E-state index in [-0.39, 0.29) is 74.9 Å². The van der Waals surface area contributed by atoms with Gasteiger partial charge in [-0.3, -0.25) is 9.59 Å².